The molecule has 20 heavy (non-hydrogen) atoms. The standard InChI is InChI=1S/C16H19FN2O/c1-10-3-4-11(2)15(7-10)19-9-16(20)12-5-6-13(17)14(18)8-12/h3-8,16,19-20H,9,18H2,1-2H3. The van der Waals surface area contributed by atoms with E-state index in [1.807, 2.05) is 32.0 Å². The molecule has 0 saturated heterocycles. The minimum absolute atomic E-state index is 0.0493. The molecule has 0 aliphatic carbocycles. The summed E-state index contributed by atoms with van der Waals surface area (Å²) in [5, 5.41) is 13.3. The molecule has 4 heteroatoms. The van der Waals surface area contributed by atoms with Crippen LogP contribution in [-0.4, -0.2) is 11.7 Å². The van der Waals surface area contributed by atoms with Crippen molar-refractivity contribution < 1.29 is 9.50 Å². The average Bonchev–Trinajstić information content (AvgIpc) is 2.42. The number of halogens is 1. The molecule has 2 rings (SSSR count). The highest BCUT2D eigenvalue weighted by Crippen LogP contribution is 2.21. The number of benzene rings is 2. The maximum Gasteiger partial charge on any atom is 0.146 e. The summed E-state index contributed by atoms with van der Waals surface area (Å²) >= 11 is 0. The highest BCUT2D eigenvalue weighted by Gasteiger charge is 2.10. The van der Waals surface area contributed by atoms with Crippen LogP contribution in [-0.2, 0) is 0 Å². The summed E-state index contributed by atoms with van der Waals surface area (Å²) in [5.74, 6) is -0.469. The fourth-order valence-corrected chi connectivity index (χ4v) is 2.02. The predicted octanol–water partition coefficient (Wildman–Crippen LogP) is 3.17. The Bertz CT molecular complexity index is 613. The molecular weight excluding hydrogens is 255 g/mol. The summed E-state index contributed by atoms with van der Waals surface area (Å²) < 4.78 is 13.1. The second kappa shape index (κ2) is 5.92. The Morgan fingerprint density at radius 1 is 1.20 bits per heavy atom. The van der Waals surface area contributed by atoms with E-state index in [2.05, 4.69) is 5.32 Å². The first-order valence-corrected chi connectivity index (χ1v) is 6.51. The van der Waals surface area contributed by atoms with Gasteiger partial charge in [0.05, 0.1) is 11.8 Å². The van der Waals surface area contributed by atoms with Gasteiger partial charge in [-0.3, -0.25) is 0 Å². The number of aliphatic hydroxyl groups excluding tert-OH is 1. The van der Waals surface area contributed by atoms with E-state index in [0.717, 1.165) is 16.8 Å². The van der Waals surface area contributed by atoms with Crippen molar-refractivity contribution in [3.05, 3.63) is 58.9 Å². The third-order valence-corrected chi connectivity index (χ3v) is 3.28. The lowest BCUT2D eigenvalue weighted by Crippen LogP contribution is -2.13. The molecule has 0 aliphatic heterocycles. The van der Waals surface area contributed by atoms with Gasteiger partial charge < -0.3 is 16.2 Å². The minimum atomic E-state index is -0.738. The van der Waals surface area contributed by atoms with Crippen LogP contribution in [0.4, 0.5) is 15.8 Å². The summed E-state index contributed by atoms with van der Waals surface area (Å²) in [5.41, 5.74) is 9.40. The molecule has 4 N–H and O–H groups in total. The molecule has 0 saturated carbocycles. The molecule has 0 aliphatic rings. The van der Waals surface area contributed by atoms with Crippen molar-refractivity contribution in [2.75, 3.05) is 17.6 Å². The SMILES string of the molecule is Cc1ccc(C)c(NCC(O)c2ccc(F)c(N)c2)c1. The van der Waals surface area contributed by atoms with Crippen molar-refractivity contribution in [1.82, 2.24) is 0 Å². The number of hydrogen-bond acceptors (Lipinski definition) is 3. The smallest absolute Gasteiger partial charge is 0.146 e. The highest BCUT2D eigenvalue weighted by atomic mass is 19.1. The molecule has 1 atom stereocenters. The molecule has 3 nitrogen and oxygen atoms in total. The van der Waals surface area contributed by atoms with Crippen LogP contribution in [0.2, 0.25) is 0 Å². The second-order valence-electron chi connectivity index (χ2n) is 5.00. The molecule has 0 bridgehead atoms. The molecule has 106 valence electrons. The van der Waals surface area contributed by atoms with E-state index < -0.39 is 11.9 Å². The Hall–Kier alpha value is -2.07. The monoisotopic (exact) mass is 274 g/mol. The van der Waals surface area contributed by atoms with Gasteiger partial charge in [-0.2, -0.15) is 0 Å². The van der Waals surface area contributed by atoms with Gasteiger partial charge >= 0.3 is 0 Å². The van der Waals surface area contributed by atoms with Crippen molar-refractivity contribution >= 4 is 11.4 Å². The Balaban J connectivity index is 2.06. The van der Waals surface area contributed by atoms with Gasteiger partial charge in [0.2, 0.25) is 0 Å². The largest absolute Gasteiger partial charge is 0.396 e. The van der Waals surface area contributed by atoms with Crippen LogP contribution in [0.3, 0.4) is 0 Å². The van der Waals surface area contributed by atoms with Crippen LogP contribution in [0, 0.1) is 19.7 Å². The summed E-state index contributed by atoms with van der Waals surface area (Å²) in [6.07, 6.45) is -0.738. The van der Waals surface area contributed by atoms with Crippen LogP contribution in [0.1, 0.15) is 22.8 Å². The van der Waals surface area contributed by atoms with Gasteiger partial charge in [0, 0.05) is 12.2 Å². The van der Waals surface area contributed by atoms with Gasteiger partial charge in [-0.25, -0.2) is 4.39 Å². The number of aryl methyl sites for hydroxylation is 2. The predicted molar refractivity (Wildman–Crippen MR) is 80.2 cm³/mol. The van der Waals surface area contributed by atoms with E-state index in [9.17, 15) is 9.50 Å². The van der Waals surface area contributed by atoms with Gasteiger partial charge in [0.1, 0.15) is 5.82 Å². The zero-order valence-corrected chi connectivity index (χ0v) is 11.7. The Kier molecular flexibility index (Phi) is 4.25. The number of aliphatic hydroxyl groups is 1. The molecule has 2 aromatic rings. The summed E-state index contributed by atoms with van der Waals surface area (Å²) in [4.78, 5) is 0. The molecule has 0 amide bonds. The highest BCUT2D eigenvalue weighted by molar-refractivity contribution is 5.53. The number of anilines is 2. The average molecular weight is 274 g/mol. The first-order chi connectivity index (χ1) is 9.47. The molecule has 0 radical (unpaired) electrons. The molecule has 1 unspecified atom stereocenters. The lowest BCUT2D eigenvalue weighted by atomic mass is 10.1. The minimum Gasteiger partial charge on any atom is -0.396 e. The van der Waals surface area contributed by atoms with E-state index in [0.29, 0.717) is 12.1 Å². The third kappa shape index (κ3) is 3.27. The van der Waals surface area contributed by atoms with E-state index in [-0.39, 0.29) is 5.69 Å². The fraction of sp³-hybridized carbons (Fsp3) is 0.250. The Morgan fingerprint density at radius 3 is 2.65 bits per heavy atom. The zero-order valence-electron chi connectivity index (χ0n) is 11.7. The first kappa shape index (κ1) is 14.3. The molecular formula is C16H19FN2O. The van der Waals surface area contributed by atoms with E-state index in [1.165, 1.54) is 12.1 Å². The Labute approximate surface area is 118 Å². The second-order valence-corrected chi connectivity index (χ2v) is 5.00. The molecule has 0 aromatic heterocycles. The molecule has 0 fully saturated rings. The van der Waals surface area contributed by atoms with Crippen molar-refractivity contribution in [3.8, 4) is 0 Å². The summed E-state index contributed by atoms with van der Waals surface area (Å²) in [6.45, 7) is 4.36. The van der Waals surface area contributed by atoms with Crippen molar-refractivity contribution in [1.29, 1.82) is 0 Å². The number of nitrogens with one attached hydrogen (secondary N) is 1. The van der Waals surface area contributed by atoms with Crippen molar-refractivity contribution in [2.24, 2.45) is 0 Å². The van der Waals surface area contributed by atoms with E-state index in [1.54, 1.807) is 6.07 Å². The summed E-state index contributed by atoms with van der Waals surface area (Å²) in [6, 6.07) is 10.4. The fourth-order valence-electron chi connectivity index (χ4n) is 2.02. The lowest BCUT2D eigenvalue weighted by molar-refractivity contribution is 0.191. The first-order valence-electron chi connectivity index (χ1n) is 6.51. The van der Waals surface area contributed by atoms with Crippen LogP contribution in [0.15, 0.2) is 36.4 Å². The number of nitrogen functional groups attached to an aromatic ring is 1. The summed E-state index contributed by atoms with van der Waals surface area (Å²) in [7, 11) is 0. The maximum absolute atomic E-state index is 13.1. The van der Waals surface area contributed by atoms with Gasteiger partial charge in [-0.15, -0.1) is 0 Å². The van der Waals surface area contributed by atoms with Crippen molar-refractivity contribution in [2.45, 2.75) is 20.0 Å². The Morgan fingerprint density at radius 2 is 1.95 bits per heavy atom. The molecule has 0 heterocycles. The molecule has 0 spiro atoms. The third-order valence-electron chi connectivity index (χ3n) is 3.28. The van der Waals surface area contributed by atoms with Gasteiger partial charge in [-0.1, -0.05) is 18.2 Å². The number of nitrogens with two attached hydrogens (primary N) is 1. The molecule has 2 aromatic carbocycles. The lowest BCUT2D eigenvalue weighted by Gasteiger charge is -2.15. The quantitative estimate of drug-likeness (QED) is 0.751. The van der Waals surface area contributed by atoms with Crippen LogP contribution in [0.5, 0.6) is 0 Å². The van der Waals surface area contributed by atoms with E-state index in [4.69, 9.17) is 5.73 Å². The van der Waals surface area contributed by atoms with E-state index >= 15 is 0 Å². The van der Waals surface area contributed by atoms with Crippen LogP contribution in [0.25, 0.3) is 0 Å². The van der Waals surface area contributed by atoms with Gasteiger partial charge in [0.25, 0.3) is 0 Å². The topological polar surface area (TPSA) is 58.3 Å². The van der Waals surface area contributed by atoms with Crippen LogP contribution < -0.4 is 11.1 Å². The number of rotatable bonds is 4. The van der Waals surface area contributed by atoms with Crippen LogP contribution >= 0.6 is 0 Å². The van der Waals surface area contributed by atoms with Gasteiger partial charge in [-0.05, 0) is 48.7 Å². The number of hydrogen-bond donors (Lipinski definition) is 3. The van der Waals surface area contributed by atoms with Crippen molar-refractivity contribution in [3.63, 3.8) is 0 Å². The maximum atomic E-state index is 13.1. The van der Waals surface area contributed by atoms with Gasteiger partial charge in [0.15, 0.2) is 0 Å². The normalized spacial score (nSPS) is 12.2. The zero-order chi connectivity index (χ0) is 14.7.